The molecular weight excluding hydrogens is 230 g/mol. The maximum atomic E-state index is 5.77. The molecule has 0 radical (unpaired) electrons. The Hall–Kier alpha value is -1.88. The fourth-order valence-electron chi connectivity index (χ4n) is 1.67. The van der Waals surface area contributed by atoms with Crippen LogP contribution in [0, 0.1) is 6.92 Å². The monoisotopic (exact) mass is 247 g/mol. The van der Waals surface area contributed by atoms with Crippen LogP contribution >= 0.6 is 0 Å². The van der Waals surface area contributed by atoms with Crippen LogP contribution < -0.4 is 10.5 Å². The number of hydrogen-bond acceptors (Lipinski definition) is 5. The van der Waals surface area contributed by atoms with Crippen LogP contribution in [0.25, 0.3) is 0 Å². The zero-order chi connectivity index (χ0) is 13.0. The summed E-state index contributed by atoms with van der Waals surface area (Å²) in [5.74, 6) is 1.80. The Bertz CT molecular complexity index is 508. The van der Waals surface area contributed by atoms with E-state index >= 15 is 0 Å². The number of nitrogens with zero attached hydrogens (tertiary/aromatic N) is 2. The molecule has 1 unspecified atom stereocenters. The minimum Gasteiger partial charge on any atom is -0.484 e. The van der Waals surface area contributed by atoms with Gasteiger partial charge in [-0.15, -0.1) is 10.2 Å². The van der Waals surface area contributed by atoms with Crippen LogP contribution in [0.1, 0.15) is 24.3 Å². The van der Waals surface area contributed by atoms with Crippen LogP contribution in [0.5, 0.6) is 5.75 Å². The minimum absolute atomic E-state index is 0.138. The van der Waals surface area contributed by atoms with E-state index in [-0.39, 0.29) is 12.6 Å². The van der Waals surface area contributed by atoms with Crippen molar-refractivity contribution in [2.75, 3.05) is 0 Å². The first-order chi connectivity index (χ1) is 8.63. The summed E-state index contributed by atoms with van der Waals surface area (Å²) in [6.45, 7) is 4.01. The van der Waals surface area contributed by atoms with Gasteiger partial charge in [-0.3, -0.25) is 0 Å². The van der Waals surface area contributed by atoms with Gasteiger partial charge in [-0.2, -0.15) is 0 Å². The van der Waals surface area contributed by atoms with Crippen LogP contribution in [0.4, 0.5) is 0 Å². The predicted molar refractivity (Wildman–Crippen MR) is 67.2 cm³/mol. The normalized spacial score (nSPS) is 12.4. The van der Waals surface area contributed by atoms with Gasteiger partial charge < -0.3 is 14.9 Å². The van der Waals surface area contributed by atoms with Crippen molar-refractivity contribution in [3.8, 4) is 5.75 Å². The van der Waals surface area contributed by atoms with Crippen molar-refractivity contribution in [1.29, 1.82) is 0 Å². The third kappa shape index (κ3) is 3.56. The van der Waals surface area contributed by atoms with Gasteiger partial charge in [-0.05, 0) is 31.0 Å². The third-order valence-corrected chi connectivity index (χ3v) is 2.39. The maximum absolute atomic E-state index is 5.77. The van der Waals surface area contributed by atoms with E-state index in [1.54, 1.807) is 6.92 Å². The number of benzene rings is 1. The van der Waals surface area contributed by atoms with Gasteiger partial charge in [0.05, 0.1) is 0 Å². The number of nitrogens with two attached hydrogens (primary N) is 1. The molecule has 1 heterocycles. The topological polar surface area (TPSA) is 74.2 Å². The van der Waals surface area contributed by atoms with Gasteiger partial charge in [-0.25, -0.2) is 0 Å². The highest BCUT2D eigenvalue weighted by molar-refractivity contribution is 5.29. The predicted octanol–water partition coefficient (Wildman–Crippen LogP) is 1.85. The first-order valence-corrected chi connectivity index (χ1v) is 5.90. The molecule has 1 aromatic heterocycles. The lowest BCUT2D eigenvalue weighted by Crippen LogP contribution is -2.17. The average molecular weight is 247 g/mol. The second kappa shape index (κ2) is 5.64. The van der Waals surface area contributed by atoms with Crippen molar-refractivity contribution >= 4 is 0 Å². The summed E-state index contributed by atoms with van der Waals surface area (Å²) in [6.07, 6.45) is 0.830. The molecule has 2 N–H and O–H groups in total. The van der Waals surface area contributed by atoms with E-state index in [1.165, 1.54) is 0 Å². The molecule has 0 fully saturated rings. The second-order valence-corrected chi connectivity index (χ2v) is 4.33. The summed E-state index contributed by atoms with van der Waals surface area (Å²) in [7, 11) is 0. The summed E-state index contributed by atoms with van der Waals surface area (Å²) in [5.41, 5.74) is 6.92. The first-order valence-electron chi connectivity index (χ1n) is 5.90. The molecule has 0 aliphatic rings. The quantitative estimate of drug-likeness (QED) is 0.872. The highest BCUT2D eigenvalue weighted by Gasteiger charge is 2.04. The SMILES string of the molecule is Cc1nnc(COc2cccc(CC(C)N)c2)o1. The maximum Gasteiger partial charge on any atom is 0.253 e. The fraction of sp³-hybridized carbons (Fsp3) is 0.385. The van der Waals surface area contributed by atoms with E-state index in [0.717, 1.165) is 17.7 Å². The van der Waals surface area contributed by atoms with Crippen molar-refractivity contribution in [3.63, 3.8) is 0 Å². The molecule has 2 aromatic rings. The molecule has 1 aromatic carbocycles. The molecule has 0 spiro atoms. The highest BCUT2D eigenvalue weighted by Crippen LogP contribution is 2.15. The van der Waals surface area contributed by atoms with Crippen molar-refractivity contribution in [3.05, 3.63) is 41.6 Å². The summed E-state index contributed by atoms with van der Waals surface area (Å²) >= 11 is 0. The van der Waals surface area contributed by atoms with E-state index in [1.807, 2.05) is 31.2 Å². The van der Waals surface area contributed by atoms with Gasteiger partial charge in [0.2, 0.25) is 5.89 Å². The Morgan fingerprint density at radius 1 is 1.39 bits per heavy atom. The van der Waals surface area contributed by atoms with Gasteiger partial charge in [-0.1, -0.05) is 12.1 Å². The summed E-state index contributed by atoms with van der Waals surface area (Å²) in [5, 5.41) is 7.61. The molecular formula is C13H17N3O2. The van der Waals surface area contributed by atoms with Crippen molar-refractivity contribution in [1.82, 2.24) is 10.2 Å². The number of aryl methyl sites for hydroxylation is 1. The van der Waals surface area contributed by atoms with E-state index in [9.17, 15) is 0 Å². The van der Waals surface area contributed by atoms with Crippen LogP contribution in [-0.2, 0) is 13.0 Å². The first kappa shape index (κ1) is 12.6. The van der Waals surface area contributed by atoms with Crippen LogP contribution in [0.2, 0.25) is 0 Å². The highest BCUT2D eigenvalue weighted by atomic mass is 16.5. The lowest BCUT2D eigenvalue weighted by atomic mass is 10.1. The van der Waals surface area contributed by atoms with Crippen molar-refractivity contribution in [2.24, 2.45) is 5.73 Å². The Kier molecular flexibility index (Phi) is 3.94. The Balaban J connectivity index is 1.96. The number of ether oxygens (including phenoxy) is 1. The van der Waals surface area contributed by atoms with Crippen LogP contribution in [-0.4, -0.2) is 16.2 Å². The van der Waals surface area contributed by atoms with Crippen LogP contribution in [0.3, 0.4) is 0 Å². The van der Waals surface area contributed by atoms with Gasteiger partial charge in [0, 0.05) is 13.0 Å². The molecule has 0 amide bonds. The molecule has 0 saturated heterocycles. The molecule has 18 heavy (non-hydrogen) atoms. The lowest BCUT2D eigenvalue weighted by Gasteiger charge is -2.08. The minimum atomic E-state index is 0.138. The average Bonchev–Trinajstić information content (AvgIpc) is 2.72. The van der Waals surface area contributed by atoms with Crippen molar-refractivity contribution in [2.45, 2.75) is 32.9 Å². The van der Waals surface area contributed by atoms with Crippen LogP contribution in [0.15, 0.2) is 28.7 Å². The smallest absolute Gasteiger partial charge is 0.253 e. The standard InChI is InChI=1S/C13H17N3O2/c1-9(14)6-11-4-3-5-12(7-11)17-8-13-16-15-10(2)18-13/h3-5,7,9H,6,8,14H2,1-2H3. The molecule has 5 nitrogen and oxygen atoms in total. The van der Waals surface area contributed by atoms with Gasteiger partial charge in [0.25, 0.3) is 5.89 Å². The number of hydrogen-bond donors (Lipinski definition) is 1. The Morgan fingerprint density at radius 3 is 2.89 bits per heavy atom. The Labute approximate surface area is 106 Å². The van der Waals surface area contributed by atoms with Gasteiger partial charge in [0.15, 0.2) is 6.61 Å². The molecule has 0 saturated carbocycles. The van der Waals surface area contributed by atoms with Gasteiger partial charge in [0.1, 0.15) is 5.75 Å². The third-order valence-electron chi connectivity index (χ3n) is 2.39. The van der Waals surface area contributed by atoms with E-state index in [0.29, 0.717) is 11.8 Å². The zero-order valence-electron chi connectivity index (χ0n) is 10.6. The summed E-state index contributed by atoms with van der Waals surface area (Å²) < 4.78 is 10.8. The summed E-state index contributed by atoms with van der Waals surface area (Å²) in [6, 6.07) is 8.00. The van der Waals surface area contributed by atoms with E-state index in [2.05, 4.69) is 10.2 Å². The zero-order valence-corrected chi connectivity index (χ0v) is 10.6. The molecule has 1 atom stereocenters. The molecule has 96 valence electrons. The molecule has 2 rings (SSSR count). The second-order valence-electron chi connectivity index (χ2n) is 4.33. The van der Waals surface area contributed by atoms with Crippen molar-refractivity contribution < 1.29 is 9.15 Å². The number of rotatable bonds is 5. The lowest BCUT2D eigenvalue weighted by molar-refractivity contribution is 0.260. The number of aromatic nitrogens is 2. The largest absolute Gasteiger partial charge is 0.484 e. The Morgan fingerprint density at radius 2 is 2.22 bits per heavy atom. The van der Waals surface area contributed by atoms with Gasteiger partial charge >= 0.3 is 0 Å². The fourth-order valence-corrected chi connectivity index (χ4v) is 1.67. The summed E-state index contributed by atoms with van der Waals surface area (Å²) in [4.78, 5) is 0. The molecule has 0 bridgehead atoms. The van der Waals surface area contributed by atoms with E-state index in [4.69, 9.17) is 14.9 Å². The molecule has 5 heteroatoms. The van der Waals surface area contributed by atoms with E-state index < -0.39 is 0 Å². The molecule has 0 aliphatic carbocycles. The molecule has 0 aliphatic heterocycles.